The highest BCUT2D eigenvalue weighted by atomic mass is 32.5. The highest BCUT2D eigenvalue weighted by Crippen LogP contribution is 2.98. The molecule has 0 radical (unpaired) electrons. The van der Waals surface area contributed by atoms with Gasteiger partial charge in [-0.1, -0.05) is 49.8 Å². The van der Waals surface area contributed by atoms with Crippen molar-refractivity contribution in [1.29, 1.82) is 0 Å². The Morgan fingerprint density at radius 3 is 2.16 bits per heavy atom. The fourth-order valence-electron chi connectivity index (χ4n) is 1.28. The second kappa shape index (κ2) is 4.22. The van der Waals surface area contributed by atoms with Crippen molar-refractivity contribution in [2.75, 3.05) is 0 Å². The Balaban J connectivity index is 2.71. The first-order valence-corrected chi connectivity index (χ1v) is 7.16. The van der Waals surface area contributed by atoms with Crippen molar-refractivity contribution in [3.05, 3.63) is 47.4 Å². The molecule has 1 amide bonds. The minimum Gasteiger partial charge on any atom is -0.346 e. The van der Waals surface area contributed by atoms with Gasteiger partial charge in [-0.3, -0.25) is 4.79 Å². The van der Waals surface area contributed by atoms with E-state index in [9.17, 15) is 24.2 Å². The predicted molar refractivity (Wildman–Crippen MR) is 65.3 cm³/mol. The number of hydrogen-bond donors (Lipinski definition) is 1. The third kappa shape index (κ3) is 6.80. The van der Waals surface area contributed by atoms with E-state index in [0.717, 1.165) is 0 Å². The van der Waals surface area contributed by atoms with E-state index in [4.69, 9.17) is 0 Å². The quantitative estimate of drug-likeness (QED) is 0.635. The van der Waals surface area contributed by atoms with Crippen LogP contribution in [-0.4, -0.2) is 5.91 Å². The molecule has 0 heterocycles. The summed E-state index contributed by atoms with van der Waals surface area (Å²) >= 11 is 0. The van der Waals surface area contributed by atoms with Crippen LogP contribution in [-0.2, 0) is 4.79 Å². The summed E-state index contributed by atoms with van der Waals surface area (Å²) in [5.74, 6) is -1.23. The molecule has 0 saturated heterocycles. The molecule has 8 heteroatoms. The van der Waals surface area contributed by atoms with Crippen LogP contribution in [0.25, 0.3) is 0 Å². The Morgan fingerprint density at radius 1 is 1.16 bits per heavy atom. The van der Waals surface area contributed by atoms with E-state index in [1.807, 2.05) is 0 Å². The molecule has 2 nitrogen and oxygen atoms in total. The molecule has 1 N–H and O–H groups in total. The van der Waals surface area contributed by atoms with Gasteiger partial charge in [0.1, 0.15) is 0 Å². The summed E-state index contributed by atoms with van der Waals surface area (Å²) in [4.78, 5) is 11.1. The molecule has 0 aromatic heterocycles. The normalized spacial score (nSPS) is 17.6. The minimum absolute atomic E-state index is 0.193. The predicted octanol–water partition coefficient (Wildman–Crippen LogP) is 4.68. The van der Waals surface area contributed by atoms with Crippen molar-refractivity contribution in [2.24, 2.45) is 0 Å². The van der Waals surface area contributed by atoms with Gasteiger partial charge in [-0.15, -0.1) is 0 Å². The van der Waals surface area contributed by atoms with E-state index >= 15 is 0 Å². The zero-order valence-corrected chi connectivity index (χ0v) is 10.6. The molecule has 1 rings (SSSR count). The van der Waals surface area contributed by atoms with Gasteiger partial charge in [-0.05, 0) is 12.5 Å². The maximum atomic E-state index is 12.0. The number of carbonyl (C=O) groups is 1. The van der Waals surface area contributed by atoms with Crippen molar-refractivity contribution < 1.29 is 24.2 Å². The fraction of sp³-hybridized carbons (Fsp3) is 0.182. The number of amides is 1. The molecule has 0 fully saturated rings. The second-order valence-corrected chi connectivity index (χ2v) is 6.30. The minimum atomic E-state index is -9.69. The van der Waals surface area contributed by atoms with Crippen LogP contribution in [0, 0.1) is 0 Å². The molecule has 1 aromatic carbocycles. The summed E-state index contributed by atoms with van der Waals surface area (Å²) in [6.07, 6.45) is -0.193. The van der Waals surface area contributed by atoms with Crippen LogP contribution in [0.15, 0.2) is 41.8 Å². The lowest BCUT2D eigenvalue weighted by Crippen LogP contribution is -2.24. The molecule has 1 atom stereocenters. The largest absolute Gasteiger partial charge is 0.346 e. The van der Waals surface area contributed by atoms with Crippen LogP contribution in [0.3, 0.4) is 0 Å². The van der Waals surface area contributed by atoms with Gasteiger partial charge in [0, 0.05) is 6.08 Å². The SMILES string of the molecule is C[C@@H](NC(=O)/C=C/S(F)(F)(F)(F)F)c1ccccc1. The zero-order valence-electron chi connectivity index (χ0n) is 9.83. The van der Waals surface area contributed by atoms with E-state index < -0.39 is 27.6 Å². The summed E-state index contributed by atoms with van der Waals surface area (Å²) in [7, 11) is -9.69. The number of halogens is 5. The van der Waals surface area contributed by atoms with E-state index in [1.54, 1.807) is 30.3 Å². The molecule has 0 aliphatic carbocycles. The van der Waals surface area contributed by atoms with Crippen molar-refractivity contribution in [3.8, 4) is 0 Å². The van der Waals surface area contributed by atoms with Crippen LogP contribution in [0.4, 0.5) is 19.4 Å². The first kappa shape index (κ1) is 15.5. The summed E-state index contributed by atoms with van der Waals surface area (Å²) in [6.45, 7) is 1.53. The summed E-state index contributed by atoms with van der Waals surface area (Å²) < 4.78 is 59.8. The van der Waals surface area contributed by atoms with Crippen LogP contribution >= 0.6 is 10.2 Å². The molecule has 0 bridgehead atoms. The van der Waals surface area contributed by atoms with E-state index in [-0.39, 0.29) is 6.08 Å². The highest BCUT2D eigenvalue weighted by molar-refractivity contribution is 8.48. The Hall–Kier alpha value is -1.57. The van der Waals surface area contributed by atoms with Crippen LogP contribution < -0.4 is 5.32 Å². The van der Waals surface area contributed by atoms with Crippen LogP contribution in [0.1, 0.15) is 18.5 Å². The monoisotopic (exact) mass is 301 g/mol. The van der Waals surface area contributed by atoms with Gasteiger partial charge in [0.25, 0.3) is 0 Å². The number of benzene rings is 1. The molecular formula is C11H12F5NOS. The highest BCUT2D eigenvalue weighted by Gasteiger charge is 2.60. The Morgan fingerprint density at radius 2 is 1.68 bits per heavy atom. The lowest BCUT2D eigenvalue weighted by Gasteiger charge is -2.36. The molecule has 0 aliphatic rings. The maximum absolute atomic E-state index is 12.0. The van der Waals surface area contributed by atoms with Gasteiger partial charge in [-0.2, -0.15) is 0 Å². The second-order valence-electron chi connectivity index (χ2n) is 3.97. The van der Waals surface area contributed by atoms with Gasteiger partial charge >= 0.3 is 10.2 Å². The van der Waals surface area contributed by atoms with Crippen molar-refractivity contribution in [2.45, 2.75) is 13.0 Å². The molecule has 0 unspecified atom stereocenters. The molecular weight excluding hydrogens is 289 g/mol. The lowest BCUT2D eigenvalue weighted by molar-refractivity contribution is -0.117. The molecule has 1 aromatic rings. The van der Waals surface area contributed by atoms with Gasteiger partial charge < -0.3 is 5.32 Å². The molecule has 0 saturated carbocycles. The Labute approximate surface area is 107 Å². The van der Waals surface area contributed by atoms with Gasteiger partial charge in [-0.25, -0.2) is 0 Å². The first-order chi connectivity index (χ1) is 8.36. The number of nitrogens with one attached hydrogen (secondary N) is 1. The van der Waals surface area contributed by atoms with E-state index in [0.29, 0.717) is 5.56 Å². The summed E-state index contributed by atoms with van der Waals surface area (Å²) in [6, 6.07) is 7.81. The van der Waals surface area contributed by atoms with E-state index in [2.05, 4.69) is 5.32 Å². The van der Waals surface area contributed by atoms with Crippen LogP contribution in [0.5, 0.6) is 0 Å². The van der Waals surface area contributed by atoms with Crippen molar-refractivity contribution >= 4 is 16.1 Å². The average Bonchev–Trinajstić information content (AvgIpc) is 2.25. The van der Waals surface area contributed by atoms with Crippen molar-refractivity contribution in [3.63, 3.8) is 0 Å². The lowest BCUT2D eigenvalue weighted by atomic mass is 10.1. The van der Waals surface area contributed by atoms with Gasteiger partial charge in [0.15, 0.2) is 0 Å². The summed E-state index contributed by atoms with van der Waals surface area (Å²) in [5.41, 5.74) is 0.650. The average molecular weight is 301 g/mol. The first-order valence-electron chi connectivity index (χ1n) is 5.15. The topological polar surface area (TPSA) is 29.1 Å². The zero-order chi connectivity index (χ0) is 14.8. The Bertz CT molecular complexity index is 496. The van der Waals surface area contributed by atoms with Gasteiger partial charge in [0.2, 0.25) is 5.91 Å². The van der Waals surface area contributed by atoms with Crippen molar-refractivity contribution in [1.82, 2.24) is 5.32 Å². The third-order valence-electron chi connectivity index (χ3n) is 2.13. The number of hydrogen-bond acceptors (Lipinski definition) is 1. The van der Waals surface area contributed by atoms with E-state index in [1.165, 1.54) is 6.92 Å². The molecule has 19 heavy (non-hydrogen) atoms. The fourth-order valence-corrected chi connectivity index (χ4v) is 1.66. The standard InChI is InChI=1S/C11H12F5NOS/c1-9(10-5-3-2-4-6-10)17-11(18)7-8-19(12,13,14,15)16/h2-9H,1H3,(H,17,18)/b8-7+/t9-/m1/s1. The number of carbonyl (C=O) groups excluding carboxylic acids is 1. The third-order valence-corrected chi connectivity index (χ3v) is 2.79. The van der Waals surface area contributed by atoms with Crippen LogP contribution in [0.2, 0.25) is 0 Å². The maximum Gasteiger partial charge on any atom is 0.304 e. The molecule has 108 valence electrons. The van der Waals surface area contributed by atoms with Gasteiger partial charge in [0.05, 0.1) is 11.4 Å². The number of rotatable bonds is 4. The molecule has 0 aliphatic heterocycles. The molecule has 0 spiro atoms. The smallest absolute Gasteiger partial charge is 0.304 e. The Kier molecular flexibility index (Phi) is 3.44. The summed E-state index contributed by atoms with van der Waals surface area (Å²) in [5, 5.41) is 0.906.